The lowest BCUT2D eigenvalue weighted by molar-refractivity contribution is 0.0512. The summed E-state index contributed by atoms with van der Waals surface area (Å²) >= 11 is 3.36. The van der Waals surface area contributed by atoms with Gasteiger partial charge in [-0.15, -0.1) is 0 Å². The fourth-order valence-corrected chi connectivity index (χ4v) is 3.38. The first-order chi connectivity index (χ1) is 12.5. The lowest BCUT2D eigenvalue weighted by Crippen LogP contribution is -2.35. The van der Waals surface area contributed by atoms with Crippen LogP contribution in [0.1, 0.15) is 51.1 Å². The van der Waals surface area contributed by atoms with Crippen molar-refractivity contribution in [3.05, 3.63) is 34.2 Å². The molecule has 1 aromatic heterocycles. The third kappa shape index (κ3) is 5.22. The zero-order chi connectivity index (χ0) is 20.4. The number of aromatic nitrogens is 1. The minimum absolute atomic E-state index is 0.217. The first-order valence-electron chi connectivity index (χ1n) is 8.67. The molecular formula is C19H24BrFN2O4. The number of ether oxygens (including phenoxy) is 2. The highest BCUT2D eigenvalue weighted by atomic mass is 79.9. The molecule has 0 bridgehead atoms. The predicted octanol–water partition coefficient (Wildman–Crippen LogP) is 4.81. The molecule has 2 aromatic rings. The number of fused-ring (bicyclic) bond motifs is 1. The van der Waals surface area contributed by atoms with Crippen LogP contribution in [0.4, 0.5) is 9.18 Å². The molecule has 27 heavy (non-hydrogen) atoms. The summed E-state index contributed by atoms with van der Waals surface area (Å²) in [4.78, 5) is 24.3. The van der Waals surface area contributed by atoms with Crippen LogP contribution in [0.15, 0.2) is 22.7 Å². The average Bonchev–Trinajstić information content (AvgIpc) is 2.91. The van der Waals surface area contributed by atoms with Crippen molar-refractivity contribution in [3.63, 3.8) is 0 Å². The molecule has 0 fully saturated rings. The maximum atomic E-state index is 13.8. The highest BCUT2D eigenvalue weighted by molar-refractivity contribution is 9.10. The van der Waals surface area contributed by atoms with E-state index >= 15 is 0 Å². The van der Waals surface area contributed by atoms with E-state index in [1.54, 1.807) is 38.3 Å². The molecule has 0 aliphatic rings. The van der Waals surface area contributed by atoms with Crippen molar-refractivity contribution in [2.75, 3.05) is 13.2 Å². The minimum Gasteiger partial charge on any atom is -0.461 e. The zero-order valence-corrected chi connectivity index (χ0v) is 17.6. The number of hydrogen-bond acceptors (Lipinski definition) is 4. The van der Waals surface area contributed by atoms with Gasteiger partial charge in [0.05, 0.1) is 12.1 Å². The Balaban J connectivity index is 2.38. The standard InChI is InChI=1S/C19H24BrFN2O4/c1-6-26-17(24)15-8-12-7-13(21)9-14(20)16(12)23(15)11(2)10-22-18(25)27-19(3,4)5/h7-9,11H,6,10H2,1-5H3,(H,22,25). The van der Waals surface area contributed by atoms with Crippen LogP contribution in [0.5, 0.6) is 0 Å². The number of carbonyl (C=O) groups is 2. The Morgan fingerprint density at radius 3 is 2.56 bits per heavy atom. The highest BCUT2D eigenvalue weighted by Crippen LogP contribution is 2.32. The van der Waals surface area contributed by atoms with Crippen LogP contribution in [0.2, 0.25) is 0 Å². The number of halogens is 2. The number of nitrogens with one attached hydrogen (secondary N) is 1. The maximum Gasteiger partial charge on any atom is 0.407 e. The van der Waals surface area contributed by atoms with E-state index in [2.05, 4.69) is 21.2 Å². The third-order valence-electron chi connectivity index (χ3n) is 3.72. The second-order valence-corrected chi connectivity index (χ2v) is 8.03. The first-order valence-corrected chi connectivity index (χ1v) is 9.46. The van der Waals surface area contributed by atoms with Crippen LogP contribution in [0, 0.1) is 5.82 Å². The molecular weight excluding hydrogens is 419 g/mol. The quantitative estimate of drug-likeness (QED) is 0.674. The summed E-state index contributed by atoms with van der Waals surface area (Å²) in [5, 5.41) is 3.26. The van der Waals surface area contributed by atoms with Gasteiger partial charge in [-0.1, -0.05) is 0 Å². The normalized spacial score (nSPS) is 12.7. The Hall–Kier alpha value is -2.09. The van der Waals surface area contributed by atoms with Crippen molar-refractivity contribution < 1.29 is 23.5 Å². The molecule has 0 aliphatic heterocycles. The summed E-state index contributed by atoms with van der Waals surface area (Å²) in [6.45, 7) is 9.33. The van der Waals surface area contributed by atoms with Crippen molar-refractivity contribution in [1.82, 2.24) is 9.88 Å². The van der Waals surface area contributed by atoms with Crippen molar-refractivity contribution >= 4 is 38.9 Å². The molecule has 1 N–H and O–H groups in total. The van der Waals surface area contributed by atoms with E-state index < -0.39 is 23.5 Å². The molecule has 2 rings (SSSR count). The van der Waals surface area contributed by atoms with Crippen LogP contribution in [0.3, 0.4) is 0 Å². The number of rotatable bonds is 5. The molecule has 1 heterocycles. The SMILES string of the molecule is CCOC(=O)c1cc2cc(F)cc(Br)c2n1C(C)CNC(=O)OC(C)(C)C. The van der Waals surface area contributed by atoms with Crippen LogP contribution < -0.4 is 5.32 Å². The Morgan fingerprint density at radius 2 is 1.96 bits per heavy atom. The van der Waals surface area contributed by atoms with E-state index in [1.807, 2.05) is 6.92 Å². The lowest BCUT2D eigenvalue weighted by Gasteiger charge is -2.22. The van der Waals surface area contributed by atoms with Crippen LogP contribution >= 0.6 is 15.9 Å². The number of alkyl carbamates (subject to hydrolysis) is 1. The van der Waals surface area contributed by atoms with Gasteiger partial charge in [-0.25, -0.2) is 14.0 Å². The molecule has 0 aliphatic carbocycles. The van der Waals surface area contributed by atoms with E-state index in [-0.39, 0.29) is 24.9 Å². The molecule has 8 heteroatoms. The molecule has 6 nitrogen and oxygen atoms in total. The average molecular weight is 443 g/mol. The van der Waals surface area contributed by atoms with Gasteiger partial charge in [0.25, 0.3) is 0 Å². The summed E-state index contributed by atoms with van der Waals surface area (Å²) in [5.41, 5.74) is 0.332. The fraction of sp³-hybridized carbons (Fsp3) is 0.474. The molecule has 1 unspecified atom stereocenters. The zero-order valence-electron chi connectivity index (χ0n) is 16.1. The number of benzene rings is 1. The monoisotopic (exact) mass is 442 g/mol. The van der Waals surface area contributed by atoms with Crippen molar-refractivity contribution in [3.8, 4) is 0 Å². The maximum absolute atomic E-state index is 13.8. The fourth-order valence-electron chi connectivity index (χ4n) is 2.74. The molecule has 0 radical (unpaired) electrons. The van der Waals surface area contributed by atoms with Crippen LogP contribution in [-0.4, -0.2) is 35.4 Å². The number of esters is 1. The van der Waals surface area contributed by atoms with Gasteiger partial charge >= 0.3 is 12.1 Å². The van der Waals surface area contributed by atoms with Gasteiger partial charge in [-0.3, -0.25) is 0 Å². The Morgan fingerprint density at radius 1 is 1.30 bits per heavy atom. The van der Waals surface area contributed by atoms with Gasteiger partial charge < -0.3 is 19.4 Å². The summed E-state index contributed by atoms with van der Waals surface area (Å²) in [6.07, 6.45) is -0.548. The molecule has 0 saturated carbocycles. The van der Waals surface area contributed by atoms with Gasteiger partial charge in [0.2, 0.25) is 0 Å². The topological polar surface area (TPSA) is 69.6 Å². The van der Waals surface area contributed by atoms with Crippen molar-refractivity contribution in [2.24, 2.45) is 0 Å². The van der Waals surface area contributed by atoms with E-state index in [4.69, 9.17) is 9.47 Å². The molecule has 0 saturated heterocycles. The number of nitrogens with zero attached hydrogens (tertiary/aromatic N) is 1. The minimum atomic E-state index is -0.607. The van der Waals surface area contributed by atoms with Gasteiger partial charge in [-0.2, -0.15) is 0 Å². The van der Waals surface area contributed by atoms with Crippen molar-refractivity contribution in [2.45, 2.75) is 46.3 Å². The molecule has 148 valence electrons. The molecule has 1 aromatic carbocycles. The van der Waals surface area contributed by atoms with E-state index in [0.29, 0.717) is 15.4 Å². The highest BCUT2D eigenvalue weighted by Gasteiger charge is 2.23. The number of amides is 1. The number of carbonyl (C=O) groups excluding carboxylic acids is 2. The summed E-state index contributed by atoms with van der Waals surface area (Å²) < 4.78 is 26.4. The summed E-state index contributed by atoms with van der Waals surface area (Å²) in [6, 6.07) is 3.97. The van der Waals surface area contributed by atoms with E-state index in [1.165, 1.54) is 12.1 Å². The molecule has 1 atom stereocenters. The van der Waals surface area contributed by atoms with E-state index in [9.17, 15) is 14.0 Å². The number of hydrogen-bond donors (Lipinski definition) is 1. The second kappa shape index (κ2) is 8.29. The summed E-state index contributed by atoms with van der Waals surface area (Å²) in [7, 11) is 0. The predicted molar refractivity (Wildman–Crippen MR) is 105 cm³/mol. The molecule has 1 amide bonds. The smallest absolute Gasteiger partial charge is 0.407 e. The van der Waals surface area contributed by atoms with Gasteiger partial charge in [0, 0.05) is 22.4 Å². The first kappa shape index (κ1) is 21.2. The van der Waals surface area contributed by atoms with Gasteiger partial charge in [0.15, 0.2) is 0 Å². The van der Waals surface area contributed by atoms with Gasteiger partial charge in [0.1, 0.15) is 17.1 Å². The molecule has 0 spiro atoms. The summed E-state index contributed by atoms with van der Waals surface area (Å²) in [5.74, 6) is -0.924. The van der Waals surface area contributed by atoms with Crippen LogP contribution in [-0.2, 0) is 9.47 Å². The Labute approximate surface area is 166 Å². The Bertz CT molecular complexity index is 857. The third-order valence-corrected chi connectivity index (χ3v) is 4.32. The van der Waals surface area contributed by atoms with Crippen molar-refractivity contribution in [1.29, 1.82) is 0 Å². The van der Waals surface area contributed by atoms with Gasteiger partial charge in [-0.05, 0) is 68.7 Å². The Kier molecular flexibility index (Phi) is 6.51. The second-order valence-electron chi connectivity index (χ2n) is 7.18. The lowest BCUT2D eigenvalue weighted by atomic mass is 10.2. The largest absolute Gasteiger partial charge is 0.461 e. The van der Waals surface area contributed by atoms with E-state index in [0.717, 1.165) is 0 Å². The van der Waals surface area contributed by atoms with Crippen LogP contribution in [0.25, 0.3) is 10.9 Å².